The molecule has 1 aromatic carbocycles. The van der Waals surface area contributed by atoms with Crippen molar-refractivity contribution >= 4 is 16.9 Å². The third-order valence-electron chi connectivity index (χ3n) is 5.58. The zero-order chi connectivity index (χ0) is 23.3. The molecule has 0 radical (unpaired) electrons. The number of anilines is 1. The van der Waals surface area contributed by atoms with Crippen LogP contribution in [0.4, 0.5) is 5.82 Å². The van der Waals surface area contributed by atoms with Gasteiger partial charge >= 0.3 is 0 Å². The van der Waals surface area contributed by atoms with Crippen molar-refractivity contribution in [1.82, 2.24) is 19.9 Å². The summed E-state index contributed by atoms with van der Waals surface area (Å²) in [7, 11) is 1.58. The molecular weight excluding hydrogens is 430 g/mol. The summed E-state index contributed by atoms with van der Waals surface area (Å²) in [5, 5.41) is 10.6. The van der Waals surface area contributed by atoms with Gasteiger partial charge in [-0.1, -0.05) is 5.92 Å². The van der Waals surface area contributed by atoms with Crippen molar-refractivity contribution in [2.75, 3.05) is 38.3 Å². The van der Waals surface area contributed by atoms with Crippen LogP contribution in [0.15, 0.2) is 54.9 Å². The smallest absolute Gasteiger partial charge is 0.209 e. The Morgan fingerprint density at radius 1 is 1.06 bits per heavy atom. The first kappa shape index (κ1) is 21.8. The summed E-state index contributed by atoms with van der Waals surface area (Å²) in [6.07, 6.45) is 3.41. The molecule has 0 unspecified atom stereocenters. The molecule has 0 bridgehead atoms. The van der Waals surface area contributed by atoms with E-state index in [1.165, 1.54) is 0 Å². The van der Waals surface area contributed by atoms with E-state index in [9.17, 15) is 5.11 Å². The largest absolute Gasteiger partial charge is 0.496 e. The molecule has 0 amide bonds. The minimum absolute atomic E-state index is 0.123. The van der Waals surface area contributed by atoms with E-state index in [0.29, 0.717) is 36.0 Å². The van der Waals surface area contributed by atoms with Crippen LogP contribution in [0.25, 0.3) is 22.3 Å². The number of morpholine rings is 1. The van der Waals surface area contributed by atoms with E-state index in [1.807, 2.05) is 42.5 Å². The van der Waals surface area contributed by atoms with Gasteiger partial charge in [0.1, 0.15) is 11.6 Å². The average Bonchev–Trinajstić information content (AvgIpc) is 2.91. The summed E-state index contributed by atoms with van der Waals surface area (Å²) in [6, 6.07) is 13.3. The fraction of sp³-hybridized carbons (Fsp3) is 0.231. The minimum Gasteiger partial charge on any atom is -0.496 e. The van der Waals surface area contributed by atoms with E-state index in [1.54, 1.807) is 19.5 Å². The van der Waals surface area contributed by atoms with Crippen molar-refractivity contribution in [2.45, 2.75) is 6.61 Å². The van der Waals surface area contributed by atoms with Crippen LogP contribution in [0.2, 0.25) is 0 Å². The van der Waals surface area contributed by atoms with Gasteiger partial charge < -0.3 is 19.5 Å². The number of hydrogen-bond acceptors (Lipinski definition) is 8. The van der Waals surface area contributed by atoms with Gasteiger partial charge in [0, 0.05) is 42.2 Å². The number of ether oxygens (including phenoxy) is 2. The Bertz CT molecular complexity index is 1380. The van der Waals surface area contributed by atoms with Crippen LogP contribution in [-0.2, 0) is 11.3 Å². The highest BCUT2D eigenvalue weighted by molar-refractivity contribution is 5.89. The topological polar surface area (TPSA) is 93.5 Å². The lowest BCUT2D eigenvalue weighted by Crippen LogP contribution is -2.37. The monoisotopic (exact) mass is 453 g/mol. The summed E-state index contributed by atoms with van der Waals surface area (Å²) < 4.78 is 10.8. The van der Waals surface area contributed by atoms with Gasteiger partial charge in [-0.15, -0.1) is 0 Å². The van der Waals surface area contributed by atoms with E-state index >= 15 is 0 Å². The number of nitrogens with zero attached hydrogens (tertiary/aromatic N) is 5. The molecule has 0 atom stereocenters. The molecule has 4 heterocycles. The van der Waals surface area contributed by atoms with Gasteiger partial charge in [0.15, 0.2) is 5.65 Å². The van der Waals surface area contributed by atoms with Crippen molar-refractivity contribution in [1.29, 1.82) is 0 Å². The standard InChI is InChI=1S/C26H23N5O3/c1-33-23-8-5-19(15-20(23)17-32)22-7-6-21-25(28-22)29-24(9-4-18-3-2-10-27-16-18)30-26(21)31-11-13-34-14-12-31/h2-3,5-8,10,15-16,32H,11-14,17H2,1H3. The number of aromatic nitrogens is 4. The molecule has 0 aliphatic carbocycles. The van der Waals surface area contributed by atoms with Gasteiger partial charge in [0.25, 0.3) is 0 Å². The van der Waals surface area contributed by atoms with Gasteiger partial charge in [0.05, 0.1) is 38.0 Å². The fourth-order valence-corrected chi connectivity index (χ4v) is 3.85. The third kappa shape index (κ3) is 4.53. The summed E-state index contributed by atoms with van der Waals surface area (Å²) >= 11 is 0. The Labute approximate surface area is 197 Å². The van der Waals surface area contributed by atoms with E-state index in [4.69, 9.17) is 19.4 Å². The zero-order valence-corrected chi connectivity index (χ0v) is 18.7. The minimum atomic E-state index is -0.123. The van der Waals surface area contributed by atoms with Crippen molar-refractivity contribution in [3.8, 4) is 28.8 Å². The van der Waals surface area contributed by atoms with Crippen molar-refractivity contribution in [3.63, 3.8) is 0 Å². The molecule has 8 heteroatoms. The Morgan fingerprint density at radius 2 is 1.94 bits per heavy atom. The predicted molar refractivity (Wildman–Crippen MR) is 128 cm³/mol. The quantitative estimate of drug-likeness (QED) is 0.472. The van der Waals surface area contributed by atoms with Crippen LogP contribution in [0.1, 0.15) is 17.0 Å². The second-order valence-corrected chi connectivity index (χ2v) is 7.71. The van der Waals surface area contributed by atoms with Crippen LogP contribution in [0, 0.1) is 11.8 Å². The summed E-state index contributed by atoms with van der Waals surface area (Å²) in [6.45, 7) is 2.64. The number of aliphatic hydroxyl groups is 1. The first-order valence-electron chi connectivity index (χ1n) is 11.0. The molecule has 1 fully saturated rings. The van der Waals surface area contributed by atoms with E-state index in [0.717, 1.165) is 41.1 Å². The van der Waals surface area contributed by atoms with Gasteiger partial charge in [-0.3, -0.25) is 4.98 Å². The number of pyridine rings is 2. The van der Waals surface area contributed by atoms with Crippen LogP contribution in [0.5, 0.6) is 5.75 Å². The normalized spacial score (nSPS) is 13.4. The Kier molecular flexibility index (Phi) is 6.29. The second kappa shape index (κ2) is 9.83. The first-order valence-corrected chi connectivity index (χ1v) is 11.0. The van der Waals surface area contributed by atoms with Gasteiger partial charge in [0.2, 0.25) is 5.82 Å². The maximum atomic E-state index is 9.71. The number of hydrogen-bond donors (Lipinski definition) is 1. The SMILES string of the molecule is COc1ccc(-c2ccc3c(N4CCOCC4)nc(C#Cc4cccnc4)nc3n2)cc1CO. The van der Waals surface area contributed by atoms with Gasteiger partial charge in [-0.25, -0.2) is 15.0 Å². The predicted octanol–water partition coefficient (Wildman–Crippen LogP) is 2.82. The third-order valence-corrected chi connectivity index (χ3v) is 5.58. The molecular formula is C26H23N5O3. The number of benzene rings is 1. The van der Waals surface area contributed by atoms with Crippen LogP contribution < -0.4 is 9.64 Å². The van der Waals surface area contributed by atoms with Crippen molar-refractivity contribution < 1.29 is 14.6 Å². The lowest BCUT2D eigenvalue weighted by molar-refractivity contribution is 0.122. The lowest BCUT2D eigenvalue weighted by atomic mass is 10.1. The maximum Gasteiger partial charge on any atom is 0.209 e. The van der Waals surface area contributed by atoms with Crippen LogP contribution in [0.3, 0.4) is 0 Å². The summed E-state index contributed by atoms with van der Waals surface area (Å²) in [4.78, 5) is 20.6. The molecule has 5 rings (SSSR count). The molecule has 3 aromatic heterocycles. The molecule has 8 nitrogen and oxygen atoms in total. The maximum absolute atomic E-state index is 9.71. The second-order valence-electron chi connectivity index (χ2n) is 7.71. The molecule has 1 saturated heterocycles. The highest BCUT2D eigenvalue weighted by Gasteiger charge is 2.18. The van der Waals surface area contributed by atoms with E-state index < -0.39 is 0 Å². The number of rotatable bonds is 4. The Hall–Kier alpha value is -4.06. The number of fused-ring (bicyclic) bond motifs is 1. The molecule has 1 aliphatic rings. The van der Waals surface area contributed by atoms with Gasteiger partial charge in [-0.2, -0.15) is 0 Å². The summed E-state index contributed by atoms with van der Waals surface area (Å²) in [5.41, 5.74) is 3.65. The van der Waals surface area contributed by atoms with E-state index in [-0.39, 0.29) is 6.61 Å². The lowest BCUT2D eigenvalue weighted by Gasteiger charge is -2.28. The fourth-order valence-electron chi connectivity index (χ4n) is 3.85. The Morgan fingerprint density at radius 3 is 2.71 bits per heavy atom. The highest BCUT2D eigenvalue weighted by Crippen LogP contribution is 2.29. The number of aliphatic hydroxyl groups excluding tert-OH is 1. The molecule has 0 saturated carbocycles. The number of methoxy groups -OCH3 is 1. The van der Waals surface area contributed by atoms with Gasteiger partial charge in [-0.05, 0) is 48.4 Å². The van der Waals surface area contributed by atoms with Crippen molar-refractivity contribution in [3.05, 3.63) is 71.8 Å². The zero-order valence-electron chi connectivity index (χ0n) is 18.7. The molecule has 1 N–H and O–H groups in total. The van der Waals surface area contributed by atoms with Crippen molar-refractivity contribution in [2.24, 2.45) is 0 Å². The molecule has 0 spiro atoms. The molecule has 1 aliphatic heterocycles. The Balaban J connectivity index is 1.61. The average molecular weight is 454 g/mol. The van der Waals surface area contributed by atoms with E-state index in [2.05, 4.69) is 26.7 Å². The molecule has 4 aromatic rings. The highest BCUT2D eigenvalue weighted by atomic mass is 16.5. The first-order chi connectivity index (χ1) is 16.7. The molecule has 34 heavy (non-hydrogen) atoms. The van der Waals surface area contributed by atoms with Crippen LogP contribution in [-0.4, -0.2) is 58.5 Å². The van der Waals surface area contributed by atoms with Crippen LogP contribution >= 0.6 is 0 Å². The summed E-state index contributed by atoms with van der Waals surface area (Å²) in [5.74, 6) is 7.98. The molecule has 170 valence electrons.